The van der Waals surface area contributed by atoms with Gasteiger partial charge in [-0.2, -0.15) is 10.2 Å². The number of aryl methyl sites for hydroxylation is 1. The van der Waals surface area contributed by atoms with E-state index >= 15 is 0 Å². The Morgan fingerprint density at radius 2 is 1.68 bits per heavy atom. The SMILES string of the molecule is Cc1nn(-c2ccccc2)c2c1C(c1ccc(Cl)cc1)N1N=C(Cl)C=CC1=N2. The van der Waals surface area contributed by atoms with Crippen molar-refractivity contribution in [3.05, 3.63) is 88.6 Å². The molecule has 1 unspecified atom stereocenters. The van der Waals surface area contributed by atoms with E-state index in [1.807, 2.05) is 77.3 Å². The van der Waals surface area contributed by atoms with Crippen molar-refractivity contribution >= 4 is 40.0 Å². The van der Waals surface area contributed by atoms with Gasteiger partial charge in [-0.3, -0.25) is 0 Å². The highest BCUT2D eigenvalue weighted by atomic mass is 35.5. The summed E-state index contributed by atoms with van der Waals surface area (Å²) in [5, 5.41) is 12.3. The zero-order valence-electron chi connectivity index (χ0n) is 14.9. The Bertz CT molecular complexity index is 1140. The lowest BCUT2D eigenvalue weighted by atomic mass is 9.96. The van der Waals surface area contributed by atoms with Crippen LogP contribution in [0.2, 0.25) is 5.02 Å². The molecule has 2 aromatic carbocycles. The van der Waals surface area contributed by atoms with Gasteiger partial charge in [-0.15, -0.1) is 0 Å². The van der Waals surface area contributed by atoms with E-state index in [2.05, 4.69) is 5.10 Å². The van der Waals surface area contributed by atoms with Crippen LogP contribution >= 0.6 is 23.2 Å². The van der Waals surface area contributed by atoms with Crippen molar-refractivity contribution in [2.45, 2.75) is 13.0 Å². The van der Waals surface area contributed by atoms with Gasteiger partial charge in [0.2, 0.25) is 0 Å². The van der Waals surface area contributed by atoms with Crippen molar-refractivity contribution < 1.29 is 0 Å². The van der Waals surface area contributed by atoms with Gasteiger partial charge in [0.05, 0.1) is 11.4 Å². The van der Waals surface area contributed by atoms with E-state index in [9.17, 15) is 0 Å². The van der Waals surface area contributed by atoms with E-state index in [1.165, 1.54) is 0 Å². The van der Waals surface area contributed by atoms with Crippen molar-refractivity contribution in [1.82, 2.24) is 14.8 Å². The number of fused-ring (bicyclic) bond motifs is 2. The number of nitrogens with zero attached hydrogens (tertiary/aromatic N) is 5. The van der Waals surface area contributed by atoms with Gasteiger partial charge < -0.3 is 0 Å². The van der Waals surface area contributed by atoms with Crippen molar-refractivity contribution in [1.29, 1.82) is 0 Å². The third-order valence-electron chi connectivity index (χ3n) is 4.81. The first-order valence-corrected chi connectivity index (χ1v) is 9.58. The summed E-state index contributed by atoms with van der Waals surface area (Å²) in [6, 6.07) is 17.6. The quantitative estimate of drug-likeness (QED) is 0.571. The topological polar surface area (TPSA) is 45.8 Å². The Balaban J connectivity index is 1.76. The number of hydrogen-bond acceptors (Lipinski definition) is 4. The number of amidine groups is 1. The second kappa shape index (κ2) is 6.62. The molecule has 0 saturated heterocycles. The van der Waals surface area contributed by atoms with Crippen LogP contribution < -0.4 is 0 Å². The Labute approximate surface area is 172 Å². The van der Waals surface area contributed by atoms with Crippen LogP contribution in [0.4, 0.5) is 5.82 Å². The molecule has 0 saturated carbocycles. The number of aromatic nitrogens is 2. The van der Waals surface area contributed by atoms with Crippen molar-refractivity contribution in [3.8, 4) is 5.69 Å². The summed E-state index contributed by atoms with van der Waals surface area (Å²) in [6.07, 6.45) is 3.62. The van der Waals surface area contributed by atoms with Crippen molar-refractivity contribution in [3.63, 3.8) is 0 Å². The lowest BCUT2D eigenvalue weighted by molar-refractivity contribution is 0.371. The molecule has 5 rings (SSSR count). The number of hydrazone groups is 1. The smallest absolute Gasteiger partial charge is 0.164 e. The number of allylic oxidation sites excluding steroid dienone is 1. The molecule has 0 amide bonds. The fourth-order valence-electron chi connectivity index (χ4n) is 3.57. The first kappa shape index (κ1) is 17.2. The summed E-state index contributed by atoms with van der Waals surface area (Å²) in [6.45, 7) is 1.99. The highest BCUT2D eigenvalue weighted by Gasteiger charge is 2.36. The van der Waals surface area contributed by atoms with Gasteiger partial charge >= 0.3 is 0 Å². The van der Waals surface area contributed by atoms with Gasteiger partial charge in [0, 0.05) is 10.6 Å². The first-order chi connectivity index (χ1) is 13.6. The maximum absolute atomic E-state index is 6.21. The monoisotopic (exact) mass is 407 g/mol. The van der Waals surface area contributed by atoms with E-state index in [4.69, 9.17) is 33.3 Å². The first-order valence-electron chi connectivity index (χ1n) is 8.82. The molecular formula is C21H15Cl2N5. The largest absolute Gasteiger partial charge is 0.234 e. The van der Waals surface area contributed by atoms with Crippen LogP contribution in [0.15, 0.2) is 76.8 Å². The molecule has 0 aliphatic carbocycles. The number of aliphatic imine (C=N–C) groups is 1. The average molecular weight is 408 g/mol. The predicted octanol–water partition coefficient (Wildman–Crippen LogP) is 5.39. The summed E-state index contributed by atoms with van der Waals surface area (Å²) >= 11 is 12.3. The third kappa shape index (κ3) is 2.75. The molecule has 3 heterocycles. The average Bonchev–Trinajstić information content (AvgIpc) is 3.04. The minimum Gasteiger partial charge on any atom is -0.234 e. The van der Waals surface area contributed by atoms with Gasteiger partial charge in [-0.05, 0) is 48.9 Å². The van der Waals surface area contributed by atoms with Crippen LogP contribution in [0.3, 0.4) is 0 Å². The molecule has 0 N–H and O–H groups in total. The van der Waals surface area contributed by atoms with Gasteiger partial charge in [0.25, 0.3) is 0 Å². The highest BCUT2D eigenvalue weighted by molar-refractivity contribution is 6.68. The minimum atomic E-state index is -0.198. The predicted molar refractivity (Wildman–Crippen MR) is 113 cm³/mol. The molecule has 138 valence electrons. The molecule has 2 aliphatic rings. The van der Waals surface area contributed by atoms with E-state index in [0.29, 0.717) is 16.0 Å². The second-order valence-electron chi connectivity index (χ2n) is 6.59. The van der Waals surface area contributed by atoms with Crippen LogP contribution in [0.1, 0.15) is 22.9 Å². The highest BCUT2D eigenvalue weighted by Crippen LogP contribution is 2.43. The molecule has 2 aliphatic heterocycles. The molecule has 0 radical (unpaired) electrons. The lowest BCUT2D eigenvalue weighted by Gasteiger charge is -2.34. The van der Waals surface area contributed by atoms with Crippen LogP contribution in [0.25, 0.3) is 5.69 Å². The lowest BCUT2D eigenvalue weighted by Crippen LogP contribution is -2.35. The Morgan fingerprint density at radius 1 is 0.929 bits per heavy atom. The molecular weight excluding hydrogens is 393 g/mol. The molecule has 0 fully saturated rings. The number of benzene rings is 2. The molecule has 28 heavy (non-hydrogen) atoms. The van der Waals surface area contributed by atoms with Crippen LogP contribution in [-0.4, -0.2) is 25.8 Å². The van der Waals surface area contributed by atoms with Crippen molar-refractivity contribution in [2.24, 2.45) is 10.1 Å². The zero-order valence-corrected chi connectivity index (χ0v) is 16.4. The maximum atomic E-state index is 6.21. The summed E-state index contributed by atoms with van der Waals surface area (Å²) in [4.78, 5) is 4.86. The standard InChI is InChI=1S/C21H15Cl2N5/c1-13-19-20(14-7-9-15(22)10-8-14)28-18(12-11-17(23)26-28)24-21(19)27(25-13)16-5-3-2-4-6-16/h2-12,20H,1H3. The fourth-order valence-corrected chi connectivity index (χ4v) is 3.84. The number of halogens is 2. The Kier molecular flexibility index (Phi) is 4.07. The van der Waals surface area contributed by atoms with Crippen LogP contribution in [0, 0.1) is 6.92 Å². The van der Waals surface area contributed by atoms with Gasteiger partial charge in [0.1, 0.15) is 11.2 Å². The molecule has 0 bridgehead atoms. The molecule has 5 nitrogen and oxygen atoms in total. The van der Waals surface area contributed by atoms with E-state index in [0.717, 1.165) is 28.3 Å². The van der Waals surface area contributed by atoms with E-state index in [1.54, 1.807) is 6.08 Å². The third-order valence-corrected chi connectivity index (χ3v) is 5.27. The van der Waals surface area contributed by atoms with Gasteiger partial charge in [0.15, 0.2) is 11.7 Å². The van der Waals surface area contributed by atoms with Crippen LogP contribution in [-0.2, 0) is 0 Å². The number of hydrogen-bond donors (Lipinski definition) is 0. The zero-order chi connectivity index (χ0) is 19.3. The molecule has 7 heteroatoms. The number of para-hydroxylation sites is 1. The molecule has 3 aromatic rings. The maximum Gasteiger partial charge on any atom is 0.164 e. The number of rotatable bonds is 2. The van der Waals surface area contributed by atoms with Crippen LogP contribution in [0.5, 0.6) is 0 Å². The van der Waals surface area contributed by atoms with Gasteiger partial charge in [-0.1, -0.05) is 53.5 Å². The van der Waals surface area contributed by atoms with E-state index in [-0.39, 0.29) is 6.04 Å². The molecule has 1 atom stereocenters. The Morgan fingerprint density at radius 3 is 2.43 bits per heavy atom. The van der Waals surface area contributed by atoms with Crippen molar-refractivity contribution in [2.75, 3.05) is 0 Å². The summed E-state index contributed by atoms with van der Waals surface area (Å²) in [5.41, 5.74) is 3.89. The fraction of sp³-hybridized carbons (Fsp3) is 0.0952. The summed E-state index contributed by atoms with van der Waals surface area (Å²) in [5.74, 6) is 1.52. The van der Waals surface area contributed by atoms with Gasteiger partial charge in [-0.25, -0.2) is 14.7 Å². The Hall–Kier alpha value is -2.89. The summed E-state index contributed by atoms with van der Waals surface area (Å²) < 4.78 is 1.88. The summed E-state index contributed by atoms with van der Waals surface area (Å²) in [7, 11) is 0. The normalized spacial score (nSPS) is 17.7. The minimum absolute atomic E-state index is 0.198. The molecule has 0 spiro atoms. The molecule has 1 aromatic heterocycles. The second-order valence-corrected chi connectivity index (χ2v) is 7.42. The van der Waals surface area contributed by atoms with E-state index < -0.39 is 0 Å².